The van der Waals surface area contributed by atoms with E-state index in [2.05, 4.69) is 15.3 Å². The van der Waals surface area contributed by atoms with Crippen LogP contribution in [0, 0.1) is 0 Å². The van der Waals surface area contributed by atoms with Gasteiger partial charge in [0.2, 0.25) is 5.95 Å². The Morgan fingerprint density at radius 1 is 1.22 bits per heavy atom. The van der Waals surface area contributed by atoms with Crippen molar-refractivity contribution in [3.8, 4) is 16.9 Å². The number of hydrogen-bond acceptors (Lipinski definition) is 5. The number of ether oxygens (including phenoxy) is 1. The number of hydrogen-bond donors (Lipinski definition) is 2. The first-order valence-corrected chi connectivity index (χ1v) is 5.65. The maximum Gasteiger partial charge on any atom is 0.222 e. The fourth-order valence-electron chi connectivity index (χ4n) is 1.61. The quantitative estimate of drug-likeness (QED) is 0.836. The molecule has 2 aromatic rings. The lowest BCUT2D eigenvalue weighted by atomic mass is 10.1. The molecule has 0 atom stereocenters. The molecular weight excluding hydrogens is 230 g/mol. The fraction of sp³-hybridized carbons (Fsp3) is 0.231. The number of nitrogens with one attached hydrogen (secondary N) is 1. The third kappa shape index (κ3) is 2.75. The molecule has 0 aliphatic rings. The minimum atomic E-state index is 0.0532. The van der Waals surface area contributed by atoms with Crippen molar-refractivity contribution < 1.29 is 9.84 Å². The maximum absolute atomic E-state index is 8.69. The molecule has 1 aromatic heterocycles. The Morgan fingerprint density at radius 3 is 2.61 bits per heavy atom. The summed E-state index contributed by atoms with van der Waals surface area (Å²) in [5, 5.41) is 11.6. The first kappa shape index (κ1) is 12.3. The van der Waals surface area contributed by atoms with Gasteiger partial charge in [-0.2, -0.15) is 0 Å². The van der Waals surface area contributed by atoms with Gasteiger partial charge in [-0.3, -0.25) is 0 Å². The van der Waals surface area contributed by atoms with Gasteiger partial charge in [0.05, 0.1) is 13.7 Å². The number of benzene rings is 1. The van der Waals surface area contributed by atoms with Crippen molar-refractivity contribution >= 4 is 5.95 Å². The van der Waals surface area contributed by atoms with E-state index in [0.717, 1.165) is 16.9 Å². The Bertz CT molecular complexity index is 500. The normalized spacial score (nSPS) is 10.1. The zero-order valence-corrected chi connectivity index (χ0v) is 10.1. The molecule has 0 aliphatic heterocycles. The monoisotopic (exact) mass is 245 g/mol. The highest BCUT2D eigenvalue weighted by molar-refractivity contribution is 5.69. The first-order chi connectivity index (χ1) is 8.85. The van der Waals surface area contributed by atoms with Crippen LogP contribution in [0.25, 0.3) is 11.1 Å². The summed E-state index contributed by atoms with van der Waals surface area (Å²) in [6.07, 6.45) is 3.45. The second-order valence-corrected chi connectivity index (χ2v) is 3.65. The van der Waals surface area contributed by atoms with E-state index in [1.54, 1.807) is 19.5 Å². The highest BCUT2D eigenvalue weighted by atomic mass is 16.5. The highest BCUT2D eigenvalue weighted by Crippen LogP contribution is 2.28. The van der Waals surface area contributed by atoms with E-state index in [0.29, 0.717) is 12.5 Å². The number of anilines is 1. The molecule has 0 radical (unpaired) electrons. The molecule has 0 amide bonds. The Kier molecular flexibility index (Phi) is 4.09. The summed E-state index contributed by atoms with van der Waals surface area (Å²) in [5.41, 5.74) is 1.84. The number of aliphatic hydroxyl groups is 1. The zero-order chi connectivity index (χ0) is 12.8. The van der Waals surface area contributed by atoms with Crippen LogP contribution in [0.2, 0.25) is 0 Å². The van der Waals surface area contributed by atoms with Crippen LogP contribution in [0.3, 0.4) is 0 Å². The maximum atomic E-state index is 8.69. The van der Waals surface area contributed by atoms with E-state index in [4.69, 9.17) is 9.84 Å². The van der Waals surface area contributed by atoms with Crippen LogP contribution in [-0.2, 0) is 0 Å². The molecule has 1 aromatic carbocycles. The van der Waals surface area contributed by atoms with E-state index in [-0.39, 0.29) is 6.61 Å². The van der Waals surface area contributed by atoms with Gasteiger partial charge >= 0.3 is 0 Å². The average molecular weight is 245 g/mol. The van der Waals surface area contributed by atoms with Crippen LogP contribution in [0.4, 0.5) is 5.95 Å². The lowest BCUT2D eigenvalue weighted by Gasteiger charge is -2.08. The molecule has 5 heteroatoms. The van der Waals surface area contributed by atoms with E-state index in [9.17, 15) is 0 Å². The lowest BCUT2D eigenvalue weighted by Crippen LogP contribution is -2.08. The predicted molar refractivity (Wildman–Crippen MR) is 69.6 cm³/mol. The van der Waals surface area contributed by atoms with Crippen molar-refractivity contribution in [3.63, 3.8) is 0 Å². The van der Waals surface area contributed by atoms with E-state index in [1.165, 1.54) is 0 Å². The summed E-state index contributed by atoms with van der Waals surface area (Å²) >= 11 is 0. The number of aliphatic hydroxyl groups excluding tert-OH is 1. The predicted octanol–water partition coefficient (Wildman–Crippen LogP) is 1.56. The molecule has 0 fully saturated rings. The fourth-order valence-corrected chi connectivity index (χ4v) is 1.61. The molecule has 2 N–H and O–H groups in total. The van der Waals surface area contributed by atoms with Gasteiger partial charge in [-0.05, 0) is 6.07 Å². The van der Waals surface area contributed by atoms with Gasteiger partial charge in [-0.25, -0.2) is 9.97 Å². The van der Waals surface area contributed by atoms with Gasteiger partial charge in [-0.1, -0.05) is 18.2 Å². The lowest BCUT2D eigenvalue weighted by molar-refractivity contribution is 0.311. The Balaban J connectivity index is 2.23. The second-order valence-electron chi connectivity index (χ2n) is 3.65. The smallest absolute Gasteiger partial charge is 0.222 e. The average Bonchev–Trinajstić information content (AvgIpc) is 2.45. The summed E-state index contributed by atoms with van der Waals surface area (Å²) in [5.74, 6) is 1.29. The molecular formula is C13H15N3O2. The number of nitrogens with zero attached hydrogens (tertiary/aromatic N) is 2. The molecule has 0 saturated carbocycles. The van der Waals surface area contributed by atoms with Crippen molar-refractivity contribution in [2.75, 3.05) is 25.6 Å². The van der Waals surface area contributed by atoms with E-state index >= 15 is 0 Å². The van der Waals surface area contributed by atoms with Gasteiger partial charge < -0.3 is 15.2 Å². The summed E-state index contributed by atoms with van der Waals surface area (Å²) in [7, 11) is 1.64. The minimum absolute atomic E-state index is 0.0532. The van der Waals surface area contributed by atoms with Gasteiger partial charge in [-0.15, -0.1) is 0 Å². The number of methoxy groups -OCH3 is 1. The van der Waals surface area contributed by atoms with Crippen LogP contribution in [0.1, 0.15) is 0 Å². The van der Waals surface area contributed by atoms with Crippen molar-refractivity contribution in [1.29, 1.82) is 0 Å². The first-order valence-electron chi connectivity index (χ1n) is 5.65. The van der Waals surface area contributed by atoms with Crippen molar-refractivity contribution in [2.24, 2.45) is 0 Å². The number of para-hydroxylation sites is 1. The summed E-state index contributed by atoms with van der Waals surface area (Å²) in [6, 6.07) is 7.71. The number of aromatic nitrogens is 2. The van der Waals surface area contributed by atoms with Crippen LogP contribution >= 0.6 is 0 Å². The van der Waals surface area contributed by atoms with Gasteiger partial charge in [0.15, 0.2) is 0 Å². The van der Waals surface area contributed by atoms with Gasteiger partial charge in [0, 0.05) is 30.1 Å². The highest BCUT2D eigenvalue weighted by Gasteiger charge is 2.05. The zero-order valence-electron chi connectivity index (χ0n) is 10.1. The molecule has 0 aliphatic carbocycles. The Labute approximate surface area is 105 Å². The Morgan fingerprint density at radius 2 is 1.94 bits per heavy atom. The van der Waals surface area contributed by atoms with Crippen molar-refractivity contribution in [3.05, 3.63) is 36.7 Å². The molecule has 0 saturated heterocycles. The molecule has 0 bridgehead atoms. The van der Waals surface area contributed by atoms with Crippen molar-refractivity contribution in [2.45, 2.75) is 0 Å². The van der Waals surface area contributed by atoms with E-state index in [1.807, 2.05) is 24.3 Å². The van der Waals surface area contributed by atoms with Crippen LogP contribution < -0.4 is 10.1 Å². The Hall–Kier alpha value is -2.14. The SMILES string of the molecule is COc1ccccc1-c1cnc(NCCO)nc1. The third-order valence-electron chi connectivity index (χ3n) is 2.46. The van der Waals surface area contributed by atoms with Crippen LogP contribution in [0.15, 0.2) is 36.7 Å². The van der Waals surface area contributed by atoms with Gasteiger partial charge in [0.1, 0.15) is 5.75 Å². The topological polar surface area (TPSA) is 67.3 Å². The minimum Gasteiger partial charge on any atom is -0.496 e. The largest absolute Gasteiger partial charge is 0.496 e. The van der Waals surface area contributed by atoms with E-state index < -0.39 is 0 Å². The molecule has 0 spiro atoms. The summed E-state index contributed by atoms with van der Waals surface area (Å²) in [6.45, 7) is 0.492. The molecule has 1 heterocycles. The molecule has 2 rings (SSSR count). The van der Waals surface area contributed by atoms with Gasteiger partial charge in [0.25, 0.3) is 0 Å². The van der Waals surface area contributed by atoms with Crippen LogP contribution in [0.5, 0.6) is 5.75 Å². The third-order valence-corrected chi connectivity index (χ3v) is 2.46. The number of rotatable bonds is 5. The summed E-state index contributed by atoms with van der Waals surface area (Å²) in [4.78, 5) is 8.36. The second kappa shape index (κ2) is 5.97. The molecule has 5 nitrogen and oxygen atoms in total. The summed E-state index contributed by atoms with van der Waals surface area (Å²) < 4.78 is 5.29. The van der Waals surface area contributed by atoms with Crippen molar-refractivity contribution in [1.82, 2.24) is 9.97 Å². The van der Waals surface area contributed by atoms with Crippen LogP contribution in [-0.4, -0.2) is 35.3 Å². The molecule has 0 unspecified atom stereocenters. The standard InChI is InChI=1S/C13H15N3O2/c1-18-12-5-3-2-4-11(12)10-8-15-13(16-9-10)14-6-7-17/h2-5,8-9,17H,6-7H2,1H3,(H,14,15,16). The molecule has 18 heavy (non-hydrogen) atoms. The molecule has 94 valence electrons.